The van der Waals surface area contributed by atoms with Crippen LogP contribution < -0.4 is 16.4 Å². The molecule has 1 aromatic carbocycles. The summed E-state index contributed by atoms with van der Waals surface area (Å²) >= 11 is 0. The van der Waals surface area contributed by atoms with Gasteiger partial charge < -0.3 is 9.88 Å². The van der Waals surface area contributed by atoms with E-state index < -0.39 is 47.3 Å². The third-order valence-electron chi connectivity index (χ3n) is 7.16. The van der Waals surface area contributed by atoms with Crippen LogP contribution in [0, 0.1) is 11.7 Å². The second-order valence-electron chi connectivity index (χ2n) is 10.0. The summed E-state index contributed by atoms with van der Waals surface area (Å²) in [5.41, 5.74) is -0.168. The van der Waals surface area contributed by atoms with E-state index in [9.17, 15) is 31.5 Å². The molecule has 1 aliphatic carbocycles. The zero-order valence-electron chi connectivity index (χ0n) is 26.7. The van der Waals surface area contributed by atoms with Crippen LogP contribution in [0.2, 0.25) is 0 Å². The number of hydrogen-bond acceptors (Lipinski definition) is 6. The van der Waals surface area contributed by atoms with Crippen LogP contribution in [0.1, 0.15) is 59.6 Å². The van der Waals surface area contributed by atoms with Crippen LogP contribution in [0.25, 0.3) is 27.7 Å². The van der Waals surface area contributed by atoms with Gasteiger partial charge in [0.1, 0.15) is 23.4 Å². The maximum absolute atomic E-state index is 14.7. The number of amidine groups is 1. The molecule has 0 saturated carbocycles. The Bertz CT molecular complexity index is 1860. The Labute approximate surface area is 263 Å². The van der Waals surface area contributed by atoms with Crippen molar-refractivity contribution in [2.75, 3.05) is 6.54 Å². The van der Waals surface area contributed by atoms with E-state index in [0.29, 0.717) is 23.6 Å². The first kappa shape index (κ1) is 35.8. The summed E-state index contributed by atoms with van der Waals surface area (Å²) in [5, 5.41) is 7.25. The number of nitrogens with zero attached hydrogens (tertiary/aromatic N) is 5. The fourth-order valence-electron chi connectivity index (χ4n) is 4.98. The molecule has 1 unspecified atom stereocenters. The normalized spacial score (nSPS) is 16.8. The Hall–Kier alpha value is -4.68. The van der Waals surface area contributed by atoms with Gasteiger partial charge in [-0.1, -0.05) is 27.7 Å². The van der Waals surface area contributed by atoms with Crippen molar-refractivity contribution in [3.8, 4) is 11.3 Å². The molecule has 8 nitrogen and oxygen atoms in total. The van der Waals surface area contributed by atoms with Crippen molar-refractivity contribution >= 4 is 28.5 Å². The molecular weight excluding hydrogens is 607 g/mol. The lowest BCUT2D eigenvalue weighted by atomic mass is 9.93. The van der Waals surface area contributed by atoms with Crippen LogP contribution in [0.4, 0.5) is 22.0 Å². The average molecular weight is 645 g/mol. The topological polar surface area (TPSA) is 93.6 Å². The van der Waals surface area contributed by atoms with Crippen LogP contribution >= 0.6 is 0 Å². The highest BCUT2D eigenvalue weighted by Gasteiger charge is 2.44. The van der Waals surface area contributed by atoms with Crippen molar-refractivity contribution in [1.29, 1.82) is 0 Å². The molecule has 246 valence electrons. The van der Waals surface area contributed by atoms with Gasteiger partial charge in [-0.2, -0.15) is 23.0 Å². The lowest BCUT2D eigenvalue weighted by Crippen LogP contribution is -2.34. The fourth-order valence-corrected chi connectivity index (χ4v) is 4.98. The molecule has 0 fully saturated rings. The lowest BCUT2D eigenvalue weighted by Gasteiger charge is -2.29. The SMILES string of the molecule is CC.CC.CC1=NCC=C(n2ncc(-c3cc4c([C@@H](C)NC5=CC=C(F)CC5C(F)(F)F)cc(F)cc4c(=O)n3C)cc2=O)C=N1. The number of allylic oxidation sites excluding steroid dienone is 5. The maximum Gasteiger partial charge on any atom is 0.397 e. The molecule has 5 rings (SSSR count). The van der Waals surface area contributed by atoms with Crippen LogP contribution in [0.5, 0.6) is 0 Å². The van der Waals surface area contributed by atoms with Gasteiger partial charge in [-0.15, -0.1) is 0 Å². The number of nitrogens with one attached hydrogen (secondary N) is 1. The van der Waals surface area contributed by atoms with E-state index in [1.807, 2.05) is 27.7 Å². The van der Waals surface area contributed by atoms with Gasteiger partial charge in [-0.3, -0.25) is 14.6 Å². The van der Waals surface area contributed by atoms with Crippen LogP contribution in [0.15, 0.2) is 79.8 Å². The fraction of sp³-hybridized carbons (Fsp3) is 0.364. The summed E-state index contributed by atoms with van der Waals surface area (Å²) in [4.78, 5) is 34.7. The number of benzene rings is 1. The Morgan fingerprint density at radius 1 is 1.00 bits per heavy atom. The molecule has 2 aliphatic rings. The number of pyridine rings is 1. The second-order valence-corrected chi connectivity index (χ2v) is 10.0. The van der Waals surface area contributed by atoms with Crippen molar-refractivity contribution in [2.24, 2.45) is 23.0 Å². The van der Waals surface area contributed by atoms with Crippen molar-refractivity contribution in [3.05, 3.63) is 92.3 Å². The molecule has 1 N–H and O–H groups in total. The first-order valence-electron chi connectivity index (χ1n) is 14.9. The molecule has 3 aromatic rings. The third-order valence-corrected chi connectivity index (χ3v) is 7.16. The highest BCUT2D eigenvalue weighted by molar-refractivity contribution is 6.08. The van der Waals surface area contributed by atoms with Crippen LogP contribution in [-0.2, 0) is 7.05 Å². The number of rotatable bonds is 5. The molecule has 1 aliphatic heterocycles. The van der Waals surface area contributed by atoms with Crippen molar-refractivity contribution in [2.45, 2.75) is 60.2 Å². The van der Waals surface area contributed by atoms with Crippen molar-refractivity contribution in [3.63, 3.8) is 0 Å². The highest BCUT2D eigenvalue weighted by atomic mass is 19.4. The van der Waals surface area contributed by atoms with E-state index >= 15 is 0 Å². The zero-order chi connectivity index (χ0) is 34.3. The average Bonchev–Trinajstić information content (AvgIpc) is 3.25. The monoisotopic (exact) mass is 644 g/mol. The summed E-state index contributed by atoms with van der Waals surface area (Å²) < 4.78 is 71.8. The van der Waals surface area contributed by atoms with Crippen molar-refractivity contribution < 1.29 is 22.0 Å². The Balaban J connectivity index is 0.00000139. The number of halogens is 5. The smallest absolute Gasteiger partial charge is 0.381 e. The van der Waals surface area contributed by atoms with Crippen molar-refractivity contribution in [1.82, 2.24) is 19.7 Å². The van der Waals surface area contributed by atoms with Gasteiger partial charge in [0.15, 0.2) is 0 Å². The van der Waals surface area contributed by atoms with E-state index in [2.05, 4.69) is 20.4 Å². The lowest BCUT2D eigenvalue weighted by molar-refractivity contribution is -0.166. The Morgan fingerprint density at radius 3 is 2.35 bits per heavy atom. The van der Waals surface area contributed by atoms with Crippen LogP contribution in [0.3, 0.4) is 0 Å². The number of hydrogen-bond donors (Lipinski definition) is 1. The minimum Gasteiger partial charge on any atom is -0.381 e. The maximum atomic E-state index is 14.7. The van der Waals surface area contributed by atoms with E-state index in [0.717, 1.165) is 29.0 Å². The van der Waals surface area contributed by atoms with Gasteiger partial charge >= 0.3 is 6.18 Å². The standard InChI is InChI=1S/C29H25F5N6O2.2C2H6/c1-15(38-25-5-4-18(30)11-24(25)29(32,33)34)21-9-19(31)10-23-22(21)12-26(39(3)28(23)42)17-8-27(41)40(37-13-17)20-6-7-35-16(2)36-14-20;2*1-2/h4-6,8-10,12-15,24,38H,7,11H2,1-3H3;2*1-2H3/t15-,24?;;/m1../s1. The van der Waals surface area contributed by atoms with E-state index in [-0.39, 0.29) is 27.7 Å². The molecule has 0 radical (unpaired) electrons. The number of aliphatic imine (C=N–C) groups is 2. The molecule has 2 aromatic heterocycles. The molecule has 3 heterocycles. The molecule has 2 atom stereocenters. The predicted molar refractivity (Wildman–Crippen MR) is 173 cm³/mol. The molecule has 13 heteroatoms. The number of aromatic nitrogens is 3. The molecule has 0 spiro atoms. The molecule has 0 saturated heterocycles. The summed E-state index contributed by atoms with van der Waals surface area (Å²) in [5.74, 6) is -3.21. The highest BCUT2D eigenvalue weighted by Crippen LogP contribution is 2.39. The summed E-state index contributed by atoms with van der Waals surface area (Å²) in [6, 6.07) is 4.11. The van der Waals surface area contributed by atoms with E-state index in [4.69, 9.17) is 0 Å². The second kappa shape index (κ2) is 15.1. The Kier molecular flexibility index (Phi) is 11.7. The molecule has 0 amide bonds. The van der Waals surface area contributed by atoms with Crippen LogP contribution in [-0.4, -0.2) is 39.1 Å². The zero-order valence-corrected chi connectivity index (χ0v) is 26.7. The summed E-state index contributed by atoms with van der Waals surface area (Å²) in [6.07, 6.45) is 0.950. The largest absolute Gasteiger partial charge is 0.397 e. The summed E-state index contributed by atoms with van der Waals surface area (Å²) in [6.45, 7) is 11.6. The summed E-state index contributed by atoms with van der Waals surface area (Å²) in [7, 11) is 1.46. The molecular formula is C33H37F5N6O2. The van der Waals surface area contributed by atoms with Gasteiger partial charge in [0, 0.05) is 36.8 Å². The minimum atomic E-state index is -4.71. The first-order valence-corrected chi connectivity index (χ1v) is 14.9. The molecule has 46 heavy (non-hydrogen) atoms. The van der Waals surface area contributed by atoms with Gasteiger partial charge in [0.2, 0.25) is 0 Å². The third kappa shape index (κ3) is 7.75. The first-order chi connectivity index (χ1) is 21.8. The quantitative estimate of drug-likeness (QED) is 0.296. The number of fused-ring (bicyclic) bond motifs is 1. The van der Waals surface area contributed by atoms with Gasteiger partial charge in [-0.05, 0) is 61.2 Å². The van der Waals surface area contributed by atoms with E-state index in [1.54, 1.807) is 19.1 Å². The minimum absolute atomic E-state index is 0.00247. The Morgan fingerprint density at radius 2 is 1.70 bits per heavy atom. The van der Waals surface area contributed by atoms with Gasteiger partial charge in [-0.25, -0.2) is 13.8 Å². The predicted octanol–water partition coefficient (Wildman–Crippen LogP) is 7.27. The van der Waals surface area contributed by atoms with Gasteiger partial charge in [0.25, 0.3) is 11.1 Å². The molecule has 0 bridgehead atoms. The van der Waals surface area contributed by atoms with E-state index in [1.165, 1.54) is 37.0 Å². The number of alkyl halides is 3. The van der Waals surface area contributed by atoms with Gasteiger partial charge in [0.05, 0.1) is 35.7 Å².